The molecule has 0 radical (unpaired) electrons. The Labute approximate surface area is 316 Å². The Hall–Kier alpha value is -3.58. The second-order valence-electron chi connectivity index (χ2n) is 17.1. The van der Waals surface area contributed by atoms with E-state index in [9.17, 15) is 32.4 Å². The Morgan fingerprint density at radius 2 is 1.60 bits per heavy atom. The third kappa shape index (κ3) is 11.0. The van der Waals surface area contributed by atoms with Crippen LogP contribution >= 0.6 is 0 Å². The average Bonchev–Trinajstić information content (AvgIpc) is 3.83. The zero-order valence-electron chi connectivity index (χ0n) is 32.4. The number of likely N-dealkylation sites (tertiary alicyclic amines) is 1. The van der Waals surface area contributed by atoms with Gasteiger partial charge in [-0.3, -0.25) is 24.0 Å². The first-order valence-electron chi connectivity index (χ1n) is 19.3. The summed E-state index contributed by atoms with van der Waals surface area (Å²) < 4.78 is 30.0. The smallest absolute Gasteiger partial charge is 0.289 e. The number of nitrogens with one attached hydrogen (secondary N) is 4. The highest BCUT2D eigenvalue weighted by molar-refractivity contribution is 7.89. The van der Waals surface area contributed by atoms with Crippen molar-refractivity contribution < 1.29 is 32.4 Å². The van der Waals surface area contributed by atoms with Crippen LogP contribution in [-0.2, 0) is 34.0 Å². The molecule has 4 rings (SSSR count). The standard InChI is InChI=1S/C40H61N5O7S/c1-8-22-41-36(48)32(46)30(25-27-17-18-27)42-35(47)31-28(24-26(2)3)19-23-45(31)38(50)34(39(4,5)6)43-37(49)33(40(7)20-13-10-14-21-40)44-53(51,52)29-15-11-9-12-16-29/h8-9,11-12,15-16,26-28,30-31,33-34,44H,1,10,13-14,17-25H2,2-7H3,(H,41,48)(H,42,47)(H,43,49)/t28-,30?,31+,33-,34-/m1/s1. The third-order valence-electron chi connectivity index (χ3n) is 11.1. The fourth-order valence-corrected chi connectivity index (χ4v) is 9.27. The van der Waals surface area contributed by atoms with Crippen molar-refractivity contribution in [1.29, 1.82) is 0 Å². The second-order valence-corrected chi connectivity index (χ2v) is 18.9. The van der Waals surface area contributed by atoms with Crippen LogP contribution in [0.25, 0.3) is 0 Å². The number of hydrogen-bond acceptors (Lipinski definition) is 7. The van der Waals surface area contributed by atoms with Crippen LogP contribution in [-0.4, -0.2) is 80.0 Å². The molecular formula is C40H61N5O7S. The first-order chi connectivity index (χ1) is 24.9. The van der Waals surface area contributed by atoms with Gasteiger partial charge in [-0.1, -0.05) is 97.9 Å². The van der Waals surface area contributed by atoms with Gasteiger partial charge in [0.1, 0.15) is 18.1 Å². The van der Waals surface area contributed by atoms with Crippen molar-refractivity contribution >= 4 is 39.4 Å². The molecule has 0 aromatic heterocycles. The summed E-state index contributed by atoms with van der Waals surface area (Å²) in [5.74, 6) is -2.86. The van der Waals surface area contributed by atoms with E-state index >= 15 is 0 Å². The topological polar surface area (TPSA) is 171 Å². The highest BCUT2D eigenvalue weighted by Gasteiger charge is 2.49. The minimum Gasteiger partial charge on any atom is -0.346 e. The fourth-order valence-electron chi connectivity index (χ4n) is 7.92. The molecule has 0 bridgehead atoms. The number of hydrogen-bond donors (Lipinski definition) is 4. The summed E-state index contributed by atoms with van der Waals surface area (Å²) in [5.41, 5.74) is -1.52. The largest absolute Gasteiger partial charge is 0.346 e. The molecule has 1 aromatic carbocycles. The van der Waals surface area contributed by atoms with E-state index in [1.165, 1.54) is 23.1 Å². The Morgan fingerprint density at radius 3 is 2.17 bits per heavy atom. The van der Waals surface area contributed by atoms with Crippen LogP contribution in [0.3, 0.4) is 0 Å². The normalized spacial score (nSPS) is 22.0. The monoisotopic (exact) mass is 755 g/mol. The Balaban J connectivity index is 1.63. The van der Waals surface area contributed by atoms with Gasteiger partial charge in [0.05, 0.1) is 10.9 Å². The Bertz CT molecular complexity index is 1600. The Morgan fingerprint density at radius 1 is 0.962 bits per heavy atom. The van der Waals surface area contributed by atoms with Gasteiger partial charge in [0.15, 0.2) is 0 Å². The lowest BCUT2D eigenvalue weighted by atomic mass is 9.70. The van der Waals surface area contributed by atoms with Crippen LogP contribution in [0.1, 0.15) is 106 Å². The summed E-state index contributed by atoms with van der Waals surface area (Å²) in [7, 11) is -4.09. The minimum atomic E-state index is -4.09. The maximum absolute atomic E-state index is 14.7. The van der Waals surface area contributed by atoms with Gasteiger partial charge < -0.3 is 20.9 Å². The van der Waals surface area contributed by atoms with Gasteiger partial charge in [-0.25, -0.2) is 8.42 Å². The molecule has 12 nitrogen and oxygen atoms in total. The molecule has 1 heterocycles. The summed E-state index contributed by atoms with van der Waals surface area (Å²) in [6, 6.07) is 3.69. The van der Waals surface area contributed by atoms with Crippen molar-refractivity contribution in [2.24, 2.45) is 28.6 Å². The van der Waals surface area contributed by atoms with Gasteiger partial charge in [0.25, 0.3) is 5.91 Å². The number of carbonyl (C=O) groups is 5. The van der Waals surface area contributed by atoms with Crippen LogP contribution in [0.2, 0.25) is 0 Å². The molecular weight excluding hydrogens is 695 g/mol. The van der Waals surface area contributed by atoms with Gasteiger partial charge in [-0.2, -0.15) is 4.72 Å². The van der Waals surface area contributed by atoms with Gasteiger partial charge >= 0.3 is 0 Å². The van der Waals surface area contributed by atoms with Crippen LogP contribution in [0, 0.1) is 28.6 Å². The van der Waals surface area contributed by atoms with E-state index in [4.69, 9.17) is 0 Å². The first-order valence-corrected chi connectivity index (χ1v) is 20.8. The van der Waals surface area contributed by atoms with Gasteiger partial charge in [0, 0.05) is 13.1 Å². The lowest BCUT2D eigenvalue weighted by molar-refractivity contribution is -0.146. The van der Waals surface area contributed by atoms with Crippen LogP contribution in [0.15, 0.2) is 47.9 Å². The number of nitrogens with zero attached hydrogens (tertiary/aromatic N) is 1. The fraction of sp³-hybridized carbons (Fsp3) is 0.675. The van der Waals surface area contributed by atoms with Gasteiger partial charge in [-0.15, -0.1) is 6.58 Å². The molecule has 4 N–H and O–H groups in total. The first kappa shape index (κ1) is 42.2. The highest BCUT2D eigenvalue weighted by Crippen LogP contribution is 2.40. The molecule has 1 aliphatic heterocycles. The van der Waals surface area contributed by atoms with Gasteiger partial charge in [0.2, 0.25) is 33.5 Å². The maximum atomic E-state index is 14.7. The highest BCUT2D eigenvalue weighted by atomic mass is 32.2. The van der Waals surface area contributed by atoms with E-state index in [-0.39, 0.29) is 35.7 Å². The number of sulfonamides is 1. The molecule has 294 valence electrons. The van der Waals surface area contributed by atoms with Crippen molar-refractivity contribution in [3.63, 3.8) is 0 Å². The van der Waals surface area contributed by atoms with Crippen molar-refractivity contribution in [2.75, 3.05) is 13.1 Å². The molecule has 53 heavy (non-hydrogen) atoms. The Kier molecular flexibility index (Phi) is 14.1. The molecule has 13 heteroatoms. The van der Waals surface area contributed by atoms with Crippen LogP contribution in [0.4, 0.5) is 0 Å². The van der Waals surface area contributed by atoms with E-state index < -0.39 is 74.4 Å². The number of amides is 4. The van der Waals surface area contributed by atoms with E-state index in [1.54, 1.807) is 18.2 Å². The van der Waals surface area contributed by atoms with E-state index in [2.05, 4.69) is 27.3 Å². The zero-order valence-corrected chi connectivity index (χ0v) is 33.2. The van der Waals surface area contributed by atoms with Crippen LogP contribution < -0.4 is 20.7 Å². The number of benzene rings is 1. The molecule has 5 atom stereocenters. The van der Waals surface area contributed by atoms with Crippen molar-refractivity contribution in [3.05, 3.63) is 43.0 Å². The lowest BCUT2D eigenvalue weighted by Crippen LogP contribution is -2.63. The predicted molar refractivity (Wildman–Crippen MR) is 204 cm³/mol. The molecule has 2 aliphatic carbocycles. The molecule has 3 fully saturated rings. The van der Waals surface area contributed by atoms with E-state index in [1.807, 2.05) is 41.5 Å². The number of rotatable bonds is 17. The number of ketones is 1. The summed E-state index contributed by atoms with van der Waals surface area (Å²) >= 11 is 0. The van der Waals surface area contributed by atoms with Gasteiger partial charge in [-0.05, 0) is 72.8 Å². The van der Waals surface area contributed by atoms with Crippen LogP contribution in [0.5, 0.6) is 0 Å². The molecule has 3 aliphatic rings. The third-order valence-corrected chi connectivity index (χ3v) is 12.5. The SMILES string of the molecule is C=CCNC(=O)C(=O)C(CC1CC1)NC(=O)[C@@H]1[C@@H](CC(C)C)CCN1C(=O)[C@@H](NC(=O)[C@@H](NS(=O)(=O)c1ccccc1)C1(C)CCCCC1)C(C)(C)C. The molecule has 1 aromatic rings. The summed E-state index contributed by atoms with van der Waals surface area (Å²) in [6.07, 6.45) is 8.76. The number of Topliss-reactive ketones (excluding diaryl/α,β-unsaturated/α-hetero) is 1. The van der Waals surface area contributed by atoms with E-state index in [0.29, 0.717) is 32.1 Å². The minimum absolute atomic E-state index is 0.0411. The van der Waals surface area contributed by atoms with Crippen molar-refractivity contribution in [3.8, 4) is 0 Å². The van der Waals surface area contributed by atoms with Crippen molar-refractivity contribution in [1.82, 2.24) is 25.6 Å². The lowest BCUT2D eigenvalue weighted by Gasteiger charge is -2.42. The van der Waals surface area contributed by atoms with Crippen molar-refractivity contribution in [2.45, 2.75) is 135 Å². The molecule has 0 spiro atoms. The average molecular weight is 756 g/mol. The molecule has 1 unspecified atom stereocenters. The summed E-state index contributed by atoms with van der Waals surface area (Å²) in [6.45, 7) is 15.4. The second kappa shape index (κ2) is 17.7. The zero-order chi connectivity index (χ0) is 39.1. The maximum Gasteiger partial charge on any atom is 0.289 e. The van der Waals surface area contributed by atoms with E-state index in [0.717, 1.165) is 32.1 Å². The summed E-state index contributed by atoms with van der Waals surface area (Å²) in [5, 5.41) is 8.35. The molecule has 1 saturated heterocycles. The molecule has 4 amide bonds. The predicted octanol–water partition coefficient (Wildman–Crippen LogP) is 4.25. The summed E-state index contributed by atoms with van der Waals surface area (Å²) in [4.78, 5) is 71.0. The number of carbonyl (C=O) groups excluding carboxylic acids is 5. The quantitative estimate of drug-likeness (QED) is 0.136. The molecule has 2 saturated carbocycles.